The second-order valence-corrected chi connectivity index (χ2v) is 13.2. The number of hydrogen-bond acceptors (Lipinski definition) is 7. The molecule has 0 aliphatic carbocycles. The number of rotatable bonds is 6. The predicted octanol–water partition coefficient (Wildman–Crippen LogP) is 7.50. The van der Waals surface area contributed by atoms with Gasteiger partial charge in [0.05, 0.1) is 5.41 Å². The lowest BCUT2D eigenvalue weighted by atomic mass is 9.83. The van der Waals surface area contributed by atoms with Gasteiger partial charge in [0.2, 0.25) is 11.9 Å². The summed E-state index contributed by atoms with van der Waals surface area (Å²) < 4.78 is 47.3. The van der Waals surface area contributed by atoms with Gasteiger partial charge in [-0.1, -0.05) is 24.3 Å². The van der Waals surface area contributed by atoms with Crippen LogP contribution in [0.3, 0.4) is 0 Å². The Morgan fingerprint density at radius 2 is 1.84 bits per heavy atom. The van der Waals surface area contributed by atoms with Gasteiger partial charge >= 0.3 is 12.3 Å². The Balaban J connectivity index is 1.30. The number of fused-ring (bicyclic) bond motifs is 1. The van der Waals surface area contributed by atoms with E-state index in [1.165, 1.54) is 0 Å². The average molecular weight is 625 g/mol. The fourth-order valence-corrected chi connectivity index (χ4v) is 5.87. The molecular weight excluding hydrogens is 585 g/mol. The maximum atomic E-state index is 13.9. The molecule has 2 aromatic carbocycles. The predicted molar refractivity (Wildman–Crippen MR) is 167 cm³/mol. The van der Waals surface area contributed by atoms with E-state index in [4.69, 9.17) is 4.74 Å². The molecule has 5 rings (SSSR count). The van der Waals surface area contributed by atoms with E-state index in [-0.39, 0.29) is 36.2 Å². The van der Waals surface area contributed by atoms with E-state index in [9.17, 15) is 22.8 Å². The van der Waals surface area contributed by atoms with Gasteiger partial charge in [0.15, 0.2) is 0 Å². The van der Waals surface area contributed by atoms with Gasteiger partial charge in [0.25, 0.3) is 0 Å². The molecule has 0 atom stereocenters. The third kappa shape index (κ3) is 6.99. The molecular formula is C33H39F3N6O3. The van der Waals surface area contributed by atoms with Crippen LogP contribution >= 0.6 is 0 Å². The van der Waals surface area contributed by atoms with Crippen molar-refractivity contribution in [2.75, 3.05) is 29.0 Å². The molecule has 3 N–H and O–H groups in total. The van der Waals surface area contributed by atoms with Crippen molar-refractivity contribution in [2.24, 2.45) is 0 Å². The Morgan fingerprint density at radius 1 is 1.13 bits per heavy atom. The first kappa shape index (κ1) is 32.1. The van der Waals surface area contributed by atoms with E-state index in [2.05, 4.69) is 25.9 Å². The number of benzene rings is 2. The van der Waals surface area contributed by atoms with E-state index in [0.717, 1.165) is 35.7 Å². The molecule has 12 heteroatoms. The fourth-order valence-electron chi connectivity index (χ4n) is 5.87. The smallest absolute Gasteiger partial charge is 0.421 e. The van der Waals surface area contributed by atoms with Crippen LogP contribution in [0.1, 0.15) is 81.2 Å². The minimum atomic E-state index is -4.67. The van der Waals surface area contributed by atoms with Gasteiger partial charge in [-0.15, -0.1) is 0 Å². The Morgan fingerprint density at radius 3 is 2.49 bits per heavy atom. The van der Waals surface area contributed by atoms with Gasteiger partial charge in [-0.05, 0) is 94.7 Å². The first-order valence-corrected chi connectivity index (χ1v) is 15.0. The third-order valence-electron chi connectivity index (χ3n) is 8.25. The monoisotopic (exact) mass is 624 g/mol. The van der Waals surface area contributed by atoms with Crippen molar-refractivity contribution in [2.45, 2.75) is 84.0 Å². The van der Waals surface area contributed by atoms with Crippen molar-refractivity contribution in [1.29, 1.82) is 0 Å². The van der Waals surface area contributed by atoms with Crippen LogP contribution in [0.2, 0.25) is 0 Å². The zero-order valence-corrected chi connectivity index (χ0v) is 26.4. The topological polar surface area (TPSA) is 108 Å². The second-order valence-electron chi connectivity index (χ2n) is 13.2. The number of ether oxygens (including phenoxy) is 1. The lowest BCUT2D eigenvalue weighted by Crippen LogP contribution is -2.41. The first-order valence-electron chi connectivity index (χ1n) is 15.0. The van der Waals surface area contributed by atoms with Crippen molar-refractivity contribution < 1.29 is 27.5 Å². The highest BCUT2D eigenvalue weighted by Gasteiger charge is 2.40. The Bertz CT molecular complexity index is 1610. The van der Waals surface area contributed by atoms with Crippen LogP contribution in [0, 0.1) is 6.92 Å². The summed E-state index contributed by atoms with van der Waals surface area (Å²) >= 11 is 0. The molecule has 240 valence electrons. The molecule has 0 saturated carbocycles. The molecule has 1 fully saturated rings. The van der Waals surface area contributed by atoms with Crippen LogP contribution in [-0.4, -0.2) is 45.6 Å². The summed E-state index contributed by atoms with van der Waals surface area (Å²) in [6.07, 6.45) is -2.61. The van der Waals surface area contributed by atoms with Crippen molar-refractivity contribution in [3.8, 4) is 0 Å². The molecule has 45 heavy (non-hydrogen) atoms. The molecule has 2 aliphatic rings. The fraction of sp³-hybridized carbons (Fsp3) is 0.455. The van der Waals surface area contributed by atoms with Gasteiger partial charge in [0, 0.05) is 37.2 Å². The summed E-state index contributed by atoms with van der Waals surface area (Å²) in [7, 11) is 0. The van der Waals surface area contributed by atoms with Crippen molar-refractivity contribution in [1.82, 2.24) is 14.9 Å². The molecule has 2 amide bonds. The number of nitrogens with zero attached hydrogens (tertiary/aromatic N) is 3. The van der Waals surface area contributed by atoms with Gasteiger partial charge in [-0.3, -0.25) is 4.79 Å². The molecule has 0 bridgehead atoms. The van der Waals surface area contributed by atoms with Gasteiger partial charge < -0.3 is 25.6 Å². The summed E-state index contributed by atoms with van der Waals surface area (Å²) in [6.45, 7) is 12.3. The van der Waals surface area contributed by atoms with E-state index in [1.807, 2.05) is 45.9 Å². The number of amides is 2. The SMILES string of the molecule is Cc1cc(C2CCN(C(=O)OC(C)(C)C)CC2)ccc1Nc1ncc(C(F)(F)F)c(NCc2cccc3c2C(C)(C)C(=O)N3)n1. The Hall–Kier alpha value is -4.35. The zero-order chi connectivity index (χ0) is 32.7. The van der Waals surface area contributed by atoms with Crippen molar-refractivity contribution >= 4 is 35.1 Å². The number of nitrogens with one attached hydrogen (secondary N) is 3. The van der Waals surface area contributed by atoms with Gasteiger partial charge in [-0.2, -0.15) is 18.2 Å². The molecule has 1 aromatic heterocycles. The van der Waals surface area contributed by atoms with Crippen molar-refractivity contribution in [3.05, 3.63) is 70.4 Å². The van der Waals surface area contributed by atoms with Gasteiger partial charge in [-0.25, -0.2) is 9.78 Å². The maximum absolute atomic E-state index is 13.9. The largest absolute Gasteiger partial charge is 0.444 e. The summed E-state index contributed by atoms with van der Waals surface area (Å²) in [5, 5.41) is 8.76. The van der Waals surface area contributed by atoms with E-state index in [1.54, 1.807) is 36.9 Å². The molecule has 0 unspecified atom stereocenters. The molecule has 1 saturated heterocycles. The lowest BCUT2D eigenvalue weighted by Gasteiger charge is -2.33. The minimum Gasteiger partial charge on any atom is -0.444 e. The molecule has 2 aliphatic heterocycles. The van der Waals surface area contributed by atoms with Crippen LogP contribution in [0.4, 0.5) is 41.1 Å². The zero-order valence-electron chi connectivity index (χ0n) is 26.4. The minimum absolute atomic E-state index is 0.0162. The number of alkyl halides is 3. The third-order valence-corrected chi connectivity index (χ3v) is 8.25. The maximum Gasteiger partial charge on any atom is 0.421 e. The summed E-state index contributed by atoms with van der Waals surface area (Å²) in [4.78, 5) is 34.8. The van der Waals surface area contributed by atoms with Crippen molar-refractivity contribution in [3.63, 3.8) is 0 Å². The number of carbonyl (C=O) groups excluding carboxylic acids is 2. The normalized spacial score (nSPS) is 16.6. The highest BCUT2D eigenvalue weighted by atomic mass is 19.4. The van der Waals surface area contributed by atoms with Crippen LogP contribution < -0.4 is 16.0 Å². The number of piperidine rings is 1. The standard InChI is InChI=1S/C33H39F3N6O3/c1-19-16-21(20-12-14-42(15-13-20)30(44)45-31(2,3)4)10-11-24(19)40-29-38-18-23(33(34,35)36)27(41-29)37-17-22-8-7-9-25-26(22)32(5,6)28(43)39-25/h7-11,16,18,20H,12-15,17H2,1-6H3,(H,39,43)(H2,37,38,40,41). The number of anilines is 4. The average Bonchev–Trinajstić information content (AvgIpc) is 3.19. The number of likely N-dealkylation sites (tertiary alicyclic amines) is 1. The van der Waals surface area contributed by atoms with E-state index in [0.29, 0.717) is 30.0 Å². The van der Waals surface area contributed by atoms with E-state index >= 15 is 0 Å². The highest BCUT2D eigenvalue weighted by Crippen LogP contribution is 2.40. The summed E-state index contributed by atoms with van der Waals surface area (Å²) in [5.74, 6) is -0.243. The molecule has 3 aromatic rings. The molecule has 0 radical (unpaired) electrons. The molecule has 9 nitrogen and oxygen atoms in total. The lowest BCUT2D eigenvalue weighted by molar-refractivity contribution is -0.137. The number of halogens is 3. The first-order chi connectivity index (χ1) is 21.0. The number of aromatic nitrogens is 2. The van der Waals surface area contributed by atoms with Crippen LogP contribution in [0.15, 0.2) is 42.6 Å². The molecule has 0 spiro atoms. The number of hydrogen-bond donors (Lipinski definition) is 3. The Kier molecular flexibility index (Phi) is 8.45. The summed E-state index contributed by atoms with van der Waals surface area (Å²) in [5.41, 5.74) is 2.43. The number of aryl methyl sites for hydroxylation is 1. The molecule has 3 heterocycles. The number of carbonyl (C=O) groups is 2. The highest BCUT2D eigenvalue weighted by molar-refractivity contribution is 6.06. The van der Waals surface area contributed by atoms with Crippen LogP contribution in [0.25, 0.3) is 0 Å². The van der Waals surface area contributed by atoms with E-state index < -0.39 is 22.8 Å². The van der Waals surface area contributed by atoms with Crippen LogP contribution in [-0.2, 0) is 27.7 Å². The van der Waals surface area contributed by atoms with Crippen LogP contribution in [0.5, 0.6) is 0 Å². The quantitative estimate of drug-likeness (QED) is 0.261. The van der Waals surface area contributed by atoms with Gasteiger partial charge in [0.1, 0.15) is 17.0 Å². The Labute approximate surface area is 261 Å². The summed E-state index contributed by atoms with van der Waals surface area (Å²) in [6, 6.07) is 11.2. The second kappa shape index (κ2) is 11.9.